The van der Waals surface area contributed by atoms with E-state index < -0.39 is 0 Å². The quantitative estimate of drug-likeness (QED) is 0.591. The maximum atomic E-state index is 12.1. The van der Waals surface area contributed by atoms with E-state index in [0.717, 1.165) is 24.5 Å². The number of hydrogen-bond donors (Lipinski definition) is 3. The predicted molar refractivity (Wildman–Crippen MR) is 75.1 cm³/mol. The fourth-order valence-electron chi connectivity index (χ4n) is 1.96. The monoisotopic (exact) mass is 281 g/mol. The van der Waals surface area contributed by atoms with Gasteiger partial charge in [-0.15, -0.1) is 0 Å². The van der Waals surface area contributed by atoms with E-state index in [1.54, 1.807) is 6.07 Å². The molecule has 4 N–H and O–H groups in total. The van der Waals surface area contributed by atoms with Crippen LogP contribution in [0.5, 0.6) is 11.5 Å². The van der Waals surface area contributed by atoms with Gasteiger partial charge < -0.3 is 25.0 Å². The van der Waals surface area contributed by atoms with Crippen LogP contribution in [-0.4, -0.2) is 45.9 Å². The molecule has 0 saturated carbocycles. The SMILES string of the molecule is C[C@H]([NH2+]CC[NH+](C)C)C(=O)Nc1ccc2c(c1)OCO2. The molecule has 0 saturated heterocycles. The van der Waals surface area contributed by atoms with Gasteiger partial charge in [-0.2, -0.15) is 0 Å². The molecule has 6 nitrogen and oxygen atoms in total. The molecule has 0 radical (unpaired) electrons. The van der Waals surface area contributed by atoms with E-state index in [0.29, 0.717) is 5.75 Å². The van der Waals surface area contributed by atoms with Crippen molar-refractivity contribution in [2.45, 2.75) is 13.0 Å². The van der Waals surface area contributed by atoms with E-state index in [4.69, 9.17) is 9.47 Å². The molecule has 1 aromatic rings. The number of rotatable bonds is 6. The van der Waals surface area contributed by atoms with Gasteiger partial charge >= 0.3 is 0 Å². The maximum Gasteiger partial charge on any atom is 0.282 e. The third kappa shape index (κ3) is 3.85. The van der Waals surface area contributed by atoms with Crippen molar-refractivity contribution < 1.29 is 24.5 Å². The Balaban J connectivity index is 1.84. The number of carbonyl (C=O) groups excluding carboxylic acids is 1. The Morgan fingerprint density at radius 1 is 1.40 bits per heavy atom. The van der Waals surface area contributed by atoms with Crippen LogP contribution < -0.4 is 25.0 Å². The first kappa shape index (κ1) is 14.6. The number of amides is 1. The molecular weight excluding hydrogens is 258 g/mol. The highest BCUT2D eigenvalue weighted by atomic mass is 16.7. The number of benzene rings is 1. The zero-order chi connectivity index (χ0) is 14.5. The molecule has 1 aromatic carbocycles. The lowest BCUT2D eigenvalue weighted by atomic mass is 10.2. The summed E-state index contributed by atoms with van der Waals surface area (Å²) in [6, 6.07) is 5.31. The molecule has 0 fully saturated rings. The van der Waals surface area contributed by atoms with Crippen molar-refractivity contribution in [3.63, 3.8) is 0 Å². The first-order chi connectivity index (χ1) is 9.56. The average Bonchev–Trinajstić information content (AvgIpc) is 2.85. The zero-order valence-electron chi connectivity index (χ0n) is 12.2. The minimum Gasteiger partial charge on any atom is -0.454 e. The number of ether oxygens (including phenoxy) is 2. The fourth-order valence-corrected chi connectivity index (χ4v) is 1.96. The lowest BCUT2D eigenvalue weighted by Gasteiger charge is -2.12. The van der Waals surface area contributed by atoms with Crippen LogP contribution in [0.1, 0.15) is 6.92 Å². The van der Waals surface area contributed by atoms with E-state index in [-0.39, 0.29) is 18.7 Å². The molecule has 0 spiro atoms. The fraction of sp³-hybridized carbons (Fsp3) is 0.500. The summed E-state index contributed by atoms with van der Waals surface area (Å²) in [5.41, 5.74) is 0.734. The van der Waals surface area contributed by atoms with Gasteiger partial charge in [0, 0.05) is 11.8 Å². The summed E-state index contributed by atoms with van der Waals surface area (Å²) in [4.78, 5) is 13.4. The molecule has 1 aliphatic rings. The van der Waals surface area contributed by atoms with Gasteiger partial charge in [0.05, 0.1) is 14.1 Å². The van der Waals surface area contributed by atoms with Crippen molar-refractivity contribution in [3.05, 3.63) is 18.2 Å². The largest absolute Gasteiger partial charge is 0.454 e. The Kier molecular flexibility index (Phi) is 4.81. The summed E-state index contributed by atoms with van der Waals surface area (Å²) in [7, 11) is 4.20. The molecular formula is C14H23N3O3+2. The summed E-state index contributed by atoms with van der Waals surface area (Å²) in [6.07, 6.45) is 0. The van der Waals surface area contributed by atoms with Gasteiger partial charge in [-0.05, 0) is 19.1 Å². The van der Waals surface area contributed by atoms with Crippen LogP contribution in [0, 0.1) is 0 Å². The van der Waals surface area contributed by atoms with Crippen molar-refractivity contribution in [1.82, 2.24) is 0 Å². The van der Waals surface area contributed by atoms with E-state index in [2.05, 4.69) is 24.7 Å². The van der Waals surface area contributed by atoms with Crippen LogP contribution in [0.4, 0.5) is 5.69 Å². The first-order valence-electron chi connectivity index (χ1n) is 6.89. The van der Waals surface area contributed by atoms with Crippen molar-refractivity contribution in [1.29, 1.82) is 0 Å². The van der Waals surface area contributed by atoms with Gasteiger partial charge in [0.25, 0.3) is 5.91 Å². The number of likely N-dealkylation sites (N-methyl/N-ethyl adjacent to an activating group) is 1. The van der Waals surface area contributed by atoms with Gasteiger partial charge in [0.2, 0.25) is 6.79 Å². The molecule has 1 heterocycles. The first-order valence-corrected chi connectivity index (χ1v) is 6.89. The topological polar surface area (TPSA) is 68.6 Å². The lowest BCUT2D eigenvalue weighted by molar-refractivity contribution is -0.875. The number of carbonyl (C=O) groups is 1. The van der Waals surface area contributed by atoms with E-state index in [9.17, 15) is 4.79 Å². The van der Waals surface area contributed by atoms with Crippen molar-refractivity contribution in [2.24, 2.45) is 0 Å². The van der Waals surface area contributed by atoms with E-state index >= 15 is 0 Å². The summed E-state index contributed by atoms with van der Waals surface area (Å²) >= 11 is 0. The van der Waals surface area contributed by atoms with Crippen LogP contribution in [-0.2, 0) is 4.79 Å². The number of quaternary nitrogens is 2. The summed E-state index contributed by atoms with van der Waals surface area (Å²) < 4.78 is 10.5. The summed E-state index contributed by atoms with van der Waals surface area (Å²) in [5.74, 6) is 1.39. The Bertz CT molecular complexity index is 477. The summed E-state index contributed by atoms with van der Waals surface area (Å²) in [6.45, 7) is 4.11. The molecule has 6 heteroatoms. The molecule has 20 heavy (non-hydrogen) atoms. The van der Waals surface area contributed by atoms with Crippen LogP contribution >= 0.6 is 0 Å². The van der Waals surface area contributed by atoms with Gasteiger partial charge in [-0.3, -0.25) is 4.79 Å². The van der Waals surface area contributed by atoms with Crippen LogP contribution in [0.25, 0.3) is 0 Å². The Hall–Kier alpha value is -1.79. The van der Waals surface area contributed by atoms with Gasteiger partial charge in [-0.1, -0.05) is 0 Å². The van der Waals surface area contributed by atoms with Crippen molar-refractivity contribution in [2.75, 3.05) is 39.3 Å². The van der Waals surface area contributed by atoms with Crippen LogP contribution in [0.15, 0.2) is 18.2 Å². The average molecular weight is 281 g/mol. The number of fused-ring (bicyclic) bond motifs is 1. The summed E-state index contributed by atoms with van der Waals surface area (Å²) in [5, 5.41) is 4.95. The Morgan fingerprint density at radius 2 is 2.15 bits per heavy atom. The third-order valence-corrected chi connectivity index (χ3v) is 3.22. The normalized spacial score (nSPS) is 14.4. The standard InChI is InChI=1S/C14H21N3O3/c1-10(15-6-7-17(2)3)14(18)16-11-4-5-12-13(8-11)20-9-19-12/h4-5,8,10,15H,6-7,9H2,1-3H3,(H,16,18)/p+2/t10-/m0/s1. The molecule has 0 unspecified atom stereocenters. The molecule has 0 bridgehead atoms. The van der Waals surface area contributed by atoms with Gasteiger partial charge in [0.15, 0.2) is 17.5 Å². The third-order valence-electron chi connectivity index (χ3n) is 3.22. The molecule has 1 amide bonds. The van der Waals surface area contributed by atoms with Crippen molar-refractivity contribution in [3.8, 4) is 11.5 Å². The minimum absolute atomic E-state index is 0.00220. The maximum absolute atomic E-state index is 12.1. The molecule has 0 aliphatic carbocycles. The Labute approximate surface area is 119 Å². The smallest absolute Gasteiger partial charge is 0.282 e. The minimum atomic E-state index is -0.111. The Morgan fingerprint density at radius 3 is 2.90 bits per heavy atom. The second kappa shape index (κ2) is 6.58. The van der Waals surface area contributed by atoms with Crippen molar-refractivity contribution >= 4 is 11.6 Å². The second-order valence-electron chi connectivity index (χ2n) is 5.33. The molecule has 1 atom stereocenters. The molecule has 0 aromatic heterocycles. The predicted octanol–water partition coefficient (Wildman–Crippen LogP) is -1.55. The number of hydrogen-bond acceptors (Lipinski definition) is 3. The number of nitrogens with two attached hydrogens (primary N) is 1. The molecule has 1 aliphatic heterocycles. The highest BCUT2D eigenvalue weighted by Crippen LogP contribution is 2.34. The van der Waals surface area contributed by atoms with Crippen LogP contribution in [0.3, 0.4) is 0 Å². The van der Waals surface area contributed by atoms with E-state index in [1.807, 2.05) is 19.1 Å². The lowest BCUT2D eigenvalue weighted by Crippen LogP contribution is -3.10. The number of nitrogens with one attached hydrogen (secondary N) is 2. The van der Waals surface area contributed by atoms with E-state index in [1.165, 1.54) is 4.90 Å². The number of anilines is 1. The van der Waals surface area contributed by atoms with Gasteiger partial charge in [0.1, 0.15) is 13.1 Å². The van der Waals surface area contributed by atoms with Gasteiger partial charge in [-0.25, -0.2) is 0 Å². The zero-order valence-corrected chi connectivity index (χ0v) is 12.2. The molecule has 2 rings (SSSR count). The highest BCUT2D eigenvalue weighted by molar-refractivity contribution is 5.93. The second-order valence-corrected chi connectivity index (χ2v) is 5.33. The molecule has 110 valence electrons. The highest BCUT2D eigenvalue weighted by Gasteiger charge is 2.18. The van der Waals surface area contributed by atoms with Crippen LogP contribution in [0.2, 0.25) is 0 Å².